The number of piperazine rings is 1. The number of carbonyl (C=O) groups is 2. The highest BCUT2D eigenvalue weighted by molar-refractivity contribution is 7.80. The summed E-state index contributed by atoms with van der Waals surface area (Å²) in [6.45, 7) is 0.0685. The molecule has 88 valence electrons. The lowest BCUT2D eigenvalue weighted by Crippen LogP contribution is -2.52. The molecule has 0 aromatic carbocycles. The van der Waals surface area contributed by atoms with Crippen molar-refractivity contribution in [2.75, 3.05) is 18.0 Å². The number of thiocarbonyl (C=S) groups is 1. The summed E-state index contributed by atoms with van der Waals surface area (Å²) in [7, 11) is 0. The first kappa shape index (κ1) is 11.4. The van der Waals surface area contributed by atoms with Crippen LogP contribution in [0, 0.1) is 0 Å². The smallest absolute Gasteiger partial charge is 0.246 e. The number of imide groups is 1. The normalized spacial score (nSPS) is 15.6. The second-order valence-corrected chi connectivity index (χ2v) is 3.87. The number of rotatable bonds is 2. The van der Waals surface area contributed by atoms with Crippen molar-refractivity contribution in [3.05, 3.63) is 18.0 Å². The molecule has 3 N–H and O–H groups in total. The maximum atomic E-state index is 11.2. The number of aromatic nitrogens is 2. The number of nitrogens with one attached hydrogen (secondary N) is 1. The van der Waals surface area contributed by atoms with Crippen LogP contribution in [0.5, 0.6) is 0 Å². The van der Waals surface area contributed by atoms with E-state index in [-0.39, 0.29) is 35.8 Å². The molecule has 1 aromatic rings. The van der Waals surface area contributed by atoms with E-state index in [0.717, 1.165) is 0 Å². The first-order chi connectivity index (χ1) is 8.06. The minimum absolute atomic E-state index is 0.0343. The van der Waals surface area contributed by atoms with Gasteiger partial charge >= 0.3 is 0 Å². The molecule has 1 aromatic heterocycles. The third-order valence-electron chi connectivity index (χ3n) is 2.13. The molecule has 1 saturated heterocycles. The van der Waals surface area contributed by atoms with E-state index in [4.69, 9.17) is 18.0 Å². The number of nitrogens with zero attached hydrogens (tertiary/aromatic N) is 3. The van der Waals surface area contributed by atoms with Gasteiger partial charge in [-0.25, -0.2) is 9.97 Å². The van der Waals surface area contributed by atoms with Gasteiger partial charge in [0.25, 0.3) is 0 Å². The SMILES string of the molecule is NC(=S)c1ccnc(N2CC(=O)NC(=O)C2)n1. The third-order valence-corrected chi connectivity index (χ3v) is 2.34. The highest BCUT2D eigenvalue weighted by Crippen LogP contribution is 2.09. The standard InChI is InChI=1S/C9H9N5O2S/c10-8(17)5-1-2-11-9(12-5)14-3-6(15)13-7(16)4-14/h1-2H,3-4H2,(H2,10,17)(H,13,15,16). The van der Waals surface area contributed by atoms with Gasteiger partial charge in [-0.05, 0) is 6.07 Å². The van der Waals surface area contributed by atoms with Crippen molar-refractivity contribution in [2.24, 2.45) is 5.73 Å². The van der Waals surface area contributed by atoms with Crippen LogP contribution in [-0.2, 0) is 9.59 Å². The molecule has 0 unspecified atom stereocenters. The van der Waals surface area contributed by atoms with E-state index < -0.39 is 0 Å². The van der Waals surface area contributed by atoms with Gasteiger partial charge in [-0.15, -0.1) is 0 Å². The van der Waals surface area contributed by atoms with Gasteiger partial charge in [-0.3, -0.25) is 14.9 Å². The molecule has 0 spiro atoms. The Morgan fingerprint density at radius 1 is 1.41 bits per heavy atom. The summed E-state index contributed by atoms with van der Waals surface area (Å²) < 4.78 is 0. The molecule has 0 saturated carbocycles. The molecule has 0 radical (unpaired) electrons. The van der Waals surface area contributed by atoms with E-state index in [1.165, 1.54) is 11.1 Å². The van der Waals surface area contributed by atoms with Gasteiger partial charge in [0.1, 0.15) is 23.8 Å². The lowest BCUT2D eigenvalue weighted by molar-refractivity contribution is -0.130. The first-order valence-corrected chi connectivity index (χ1v) is 5.17. The molecule has 1 fully saturated rings. The van der Waals surface area contributed by atoms with E-state index >= 15 is 0 Å². The Morgan fingerprint density at radius 2 is 2.06 bits per heavy atom. The predicted molar refractivity (Wildman–Crippen MR) is 63.3 cm³/mol. The lowest BCUT2D eigenvalue weighted by atomic mass is 10.3. The number of nitrogens with two attached hydrogens (primary N) is 1. The zero-order valence-electron chi connectivity index (χ0n) is 8.71. The quantitative estimate of drug-likeness (QED) is 0.491. The van der Waals surface area contributed by atoms with Crippen molar-refractivity contribution in [2.45, 2.75) is 0 Å². The lowest BCUT2D eigenvalue weighted by Gasteiger charge is -2.25. The van der Waals surface area contributed by atoms with Crippen LogP contribution in [0.1, 0.15) is 5.69 Å². The fourth-order valence-electron chi connectivity index (χ4n) is 1.42. The van der Waals surface area contributed by atoms with Gasteiger partial charge in [0.05, 0.1) is 0 Å². The molecule has 8 heteroatoms. The van der Waals surface area contributed by atoms with Gasteiger partial charge in [0.2, 0.25) is 17.8 Å². The molecule has 2 heterocycles. The van der Waals surface area contributed by atoms with Crippen LogP contribution in [0.2, 0.25) is 0 Å². The Bertz CT molecular complexity index is 488. The highest BCUT2D eigenvalue weighted by atomic mass is 32.1. The van der Waals surface area contributed by atoms with Crippen molar-refractivity contribution >= 4 is 35.0 Å². The fourth-order valence-corrected chi connectivity index (χ4v) is 1.53. The van der Waals surface area contributed by atoms with Crippen molar-refractivity contribution < 1.29 is 9.59 Å². The minimum atomic E-state index is -0.384. The molecule has 1 aliphatic rings. The Balaban J connectivity index is 2.27. The number of hydrogen-bond acceptors (Lipinski definition) is 6. The Hall–Kier alpha value is -2.09. The predicted octanol–water partition coefficient (Wildman–Crippen LogP) is -1.43. The van der Waals surface area contributed by atoms with Gasteiger partial charge < -0.3 is 10.6 Å². The van der Waals surface area contributed by atoms with E-state index in [9.17, 15) is 9.59 Å². The van der Waals surface area contributed by atoms with E-state index in [1.807, 2.05) is 0 Å². The number of anilines is 1. The molecule has 7 nitrogen and oxygen atoms in total. The molecule has 2 amide bonds. The monoisotopic (exact) mass is 251 g/mol. The molecule has 2 rings (SSSR count). The second kappa shape index (κ2) is 4.42. The molecular formula is C9H9N5O2S. The number of hydrogen-bond donors (Lipinski definition) is 2. The molecule has 0 atom stereocenters. The highest BCUT2D eigenvalue weighted by Gasteiger charge is 2.24. The molecule has 1 aliphatic heterocycles. The maximum Gasteiger partial charge on any atom is 0.246 e. The summed E-state index contributed by atoms with van der Waals surface area (Å²) in [6, 6.07) is 1.57. The van der Waals surface area contributed by atoms with Crippen molar-refractivity contribution in [3.63, 3.8) is 0 Å². The van der Waals surface area contributed by atoms with Crippen LogP contribution < -0.4 is 16.0 Å². The Kier molecular flexibility index (Phi) is 2.96. The van der Waals surface area contributed by atoms with Gasteiger partial charge in [-0.2, -0.15) is 0 Å². The summed E-state index contributed by atoms with van der Waals surface area (Å²) in [6.07, 6.45) is 1.48. The van der Waals surface area contributed by atoms with Gasteiger partial charge in [0, 0.05) is 6.20 Å². The second-order valence-electron chi connectivity index (χ2n) is 3.43. The minimum Gasteiger partial charge on any atom is -0.388 e. The zero-order valence-corrected chi connectivity index (χ0v) is 9.53. The number of amides is 2. The van der Waals surface area contributed by atoms with Crippen LogP contribution in [0.25, 0.3) is 0 Å². The molecule has 17 heavy (non-hydrogen) atoms. The topological polar surface area (TPSA) is 101 Å². The number of carbonyl (C=O) groups excluding carboxylic acids is 2. The zero-order chi connectivity index (χ0) is 12.4. The first-order valence-electron chi connectivity index (χ1n) is 4.77. The molecule has 0 aliphatic carbocycles. The summed E-state index contributed by atoms with van der Waals surface area (Å²) in [5, 5.41) is 2.19. The van der Waals surface area contributed by atoms with Gasteiger partial charge in [-0.1, -0.05) is 12.2 Å². The van der Waals surface area contributed by atoms with E-state index in [2.05, 4.69) is 15.3 Å². The van der Waals surface area contributed by atoms with Crippen molar-refractivity contribution in [1.82, 2.24) is 15.3 Å². The Labute approximate surface area is 102 Å². The van der Waals surface area contributed by atoms with Crippen LogP contribution >= 0.6 is 12.2 Å². The summed E-state index contributed by atoms with van der Waals surface area (Å²) >= 11 is 4.79. The maximum absolute atomic E-state index is 11.2. The van der Waals surface area contributed by atoms with Gasteiger partial charge in [0.15, 0.2) is 0 Å². The third kappa shape index (κ3) is 2.53. The fraction of sp³-hybridized carbons (Fsp3) is 0.222. The summed E-state index contributed by atoms with van der Waals surface area (Å²) in [5.41, 5.74) is 5.85. The van der Waals surface area contributed by atoms with Crippen LogP contribution in [0.4, 0.5) is 5.95 Å². The largest absolute Gasteiger partial charge is 0.388 e. The van der Waals surface area contributed by atoms with E-state index in [1.54, 1.807) is 6.07 Å². The Morgan fingerprint density at radius 3 is 2.65 bits per heavy atom. The van der Waals surface area contributed by atoms with Crippen LogP contribution in [-0.4, -0.2) is 39.9 Å². The van der Waals surface area contributed by atoms with Crippen LogP contribution in [0.15, 0.2) is 12.3 Å². The average Bonchev–Trinajstić information content (AvgIpc) is 2.28. The molecule has 0 bridgehead atoms. The summed E-state index contributed by atoms with van der Waals surface area (Å²) in [5.74, 6) is -0.505. The van der Waals surface area contributed by atoms with Crippen molar-refractivity contribution in [1.29, 1.82) is 0 Å². The average molecular weight is 251 g/mol. The molecular weight excluding hydrogens is 242 g/mol. The van der Waals surface area contributed by atoms with Crippen molar-refractivity contribution in [3.8, 4) is 0 Å². The van der Waals surface area contributed by atoms with Crippen LogP contribution in [0.3, 0.4) is 0 Å². The summed E-state index contributed by atoms with van der Waals surface area (Å²) in [4.78, 5) is 32.1. The van der Waals surface area contributed by atoms with E-state index in [0.29, 0.717) is 5.69 Å².